The predicted molar refractivity (Wildman–Crippen MR) is 153 cm³/mol. The van der Waals surface area contributed by atoms with Crippen LogP contribution in [0.15, 0.2) is 42.7 Å². The number of anilines is 1. The summed E-state index contributed by atoms with van der Waals surface area (Å²) in [5, 5.41) is 8.97. The second-order valence-electron chi connectivity index (χ2n) is 12.5. The average molecular weight is 554 g/mol. The first-order valence-electron chi connectivity index (χ1n) is 14.8. The molecule has 4 aliphatic rings. The number of carbonyl (C=O) groups is 4. The average Bonchev–Trinajstić information content (AvgIpc) is 3.56. The van der Waals surface area contributed by atoms with E-state index in [9.17, 15) is 19.2 Å². The third kappa shape index (κ3) is 4.08. The summed E-state index contributed by atoms with van der Waals surface area (Å²) in [6.45, 7) is 5.81. The van der Waals surface area contributed by atoms with Crippen LogP contribution in [0.25, 0.3) is 10.8 Å². The SMILES string of the molecule is C[C@H](c1cnn(C2CCN(C(=O)C3(C)CCC3)CC2)c1)c1ccc2c3c(cccc13)C(=O)N2C1CCC(=O)NC1=O. The van der Waals surface area contributed by atoms with E-state index in [2.05, 4.69) is 34.9 Å². The quantitative estimate of drug-likeness (QED) is 0.474. The van der Waals surface area contributed by atoms with Crippen LogP contribution in [-0.4, -0.2) is 57.4 Å². The smallest absolute Gasteiger partial charge is 0.259 e. The van der Waals surface area contributed by atoms with Crippen molar-refractivity contribution in [3.8, 4) is 0 Å². The van der Waals surface area contributed by atoms with Crippen molar-refractivity contribution in [1.82, 2.24) is 20.0 Å². The monoisotopic (exact) mass is 553 g/mol. The van der Waals surface area contributed by atoms with E-state index in [1.807, 2.05) is 36.5 Å². The highest BCUT2D eigenvalue weighted by molar-refractivity contribution is 6.27. The number of aromatic nitrogens is 2. The first-order chi connectivity index (χ1) is 19.7. The highest BCUT2D eigenvalue weighted by atomic mass is 16.2. The third-order valence-electron chi connectivity index (χ3n) is 9.97. The number of imide groups is 1. The van der Waals surface area contributed by atoms with Gasteiger partial charge in [0.25, 0.3) is 5.91 Å². The van der Waals surface area contributed by atoms with E-state index >= 15 is 0 Å². The molecule has 0 spiro atoms. The minimum atomic E-state index is -0.699. The van der Waals surface area contributed by atoms with Crippen molar-refractivity contribution in [2.24, 2.45) is 5.41 Å². The molecule has 1 saturated carbocycles. The lowest BCUT2D eigenvalue weighted by atomic mass is 9.69. The van der Waals surface area contributed by atoms with Crippen LogP contribution >= 0.6 is 0 Å². The Morgan fingerprint density at radius 3 is 2.56 bits per heavy atom. The van der Waals surface area contributed by atoms with E-state index in [0.717, 1.165) is 72.8 Å². The van der Waals surface area contributed by atoms with Gasteiger partial charge in [-0.25, -0.2) is 0 Å². The number of nitrogens with one attached hydrogen (secondary N) is 1. The Bertz CT molecular complexity index is 1600. The van der Waals surface area contributed by atoms with Crippen molar-refractivity contribution in [1.29, 1.82) is 0 Å². The number of benzene rings is 2. The topological polar surface area (TPSA) is 105 Å². The Morgan fingerprint density at radius 1 is 1.07 bits per heavy atom. The molecule has 1 aromatic heterocycles. The molecule has 212 valence electrons. The maximum Gasteiger partial charge on any atom is 0.259 e. The number of hydrogen-bond donors (Lipinski definition) is 1. The van der Waals surface area contributed by atoms with Crippen molar-refractivity contribution >= 4 is 40.1 Å². The van der Waals surface area contributed by atoms with E-state index in [1.165, 1.54) is 0 Å². The molecular weight excluding hydrogens is 518 g/mol. The van der Waals surface area contributed by atoms with E-state index < -0.39 is 11.9 Å². The Labute approximate surface area is 238 Å². The molecule has 9 nitrogen and oxygen atoms in total. The summed E-state index contributed by atoms with van der Waals surface area (Å²) in [6, 6.07) is 9.30. The lowest BCUT2D eigenvalue weighted by molar-refractivity contribution is -0.147. The van der Waals surface area contributed by atoms with Crippen molar-refractivity contribution < 1.29 is 19.2 Å². The van der Waals surface area contributed by atoms with Crippen molar-refractivity contribution in [3.63, 3.8) is 0 Å². The Kier molecular flexibility index (Phi) is 6.03. The molecule has 1 unspecified atom stereocenters. The number of hydrogen-bond acceptors (Lipinski definition) is 5. The third-order valence-corrected chi connectivity index (χ3v) is 9.97. The van der Waals surface area contributed by atoms with Gasteiger partial charge in [-0.15, -0.1) is 0 Å². The molecular formula is C32H35N5O4. The van der Waals surface area contributed by atoms with E-state index in [1.54, 1.807) is 4.90 Å². The first-order valence-corrected chi connectivity index (χ1v) is 14.8. The highest BCUT2D eigenvalue weighted by Gasteiger charge is 2.43. The zero-order valence-corrected chi connectivity index (χ0v) is 23.6. The normalized spacial score (nSPS) is 23.1. The number of likely N-dealkylation sites (tertiary alicyclic amines) is 1. The predicted octanol–water partition coefficient (Wildman–Crippen LogP) is 4.31. The van der Waals surface area contributed by atoms with Gasteiger partial charge < -0.3 is 4.90 Å². The zero-order valence-electron chi connectivity index (χ0n) is 23.6. The van der Waals surface area contributed by atoms with Gasteiger partial charge in [-0.2, -0.15) is 5.10 Å². The summed E-state index contributed by atoms with van der Waals surface area (Å²) < 4.78 is 2.06. The molecule has 2 aromatic carbocycles. The van der Waals surface area contributed by atoms with Crippen LogP contribution in [0.5, 0.6) is 0 Å². The van der Waals surface area contributed by atoms with Crippen LogP contribution in [0.2, 0.25) is 0 Å². The van der Waals surface area contributed by atoms with Gasteiger partial charge in [-0.05, 0) is 60.7 Å². The summed E-state index contributed by atoms with van der Waals surface area (Å²) in [4.78, 5) is 54.4. The molecule has 4 heterocycles. The van der Waals surface area contributed by atoms with Gasteiger partial charge in [0, 0.05) is 48.0 Å². The minimum Gasteiger partial charge on any atom is -0.342 e. The molecule has 2 saturated heterocycles. The molecule has 4 amide bonds. The maximum absolute atomic E-state index is 13.5. The molecule has 0 bridgehead atoms. The van der Waals surface area contributed by atoms with E-state index in [-0.39, 0.29) is 35.6 Å². The summed E-state index contributed by atoms with van der Waals surface area (Å²) >= 11 is 0. The first kappa shape index (κ1) is 25.9. The van der Waals surface area contributed by atoms with Crippen LogP contribution in [0.4, 0.5) is 5.69 Å². The van der Waals surface area contributed by atoms with Crippen molar-refractivity contribution in [2.75, 3.05) is 18.0 Å². The molecule has 3 aromatic rings. The fraction of sp³-hybridized carbons (Fsp3) is 0.469. The molecule has 3 aliphatic heterocycles. The highest BCUT2D eigenvalue weighted by Crippen LogP contribution is 2.44. The van der Waals surface area contributed by atoms with Crippen molar-refractivity contribution in [3.05, 3.63) is 59.4 Å². The van der Waals surface area contributed by atoms with Crippen LogP contribution in [0.1, 0.15) is 92.2 Å². The fourth-order valence-corrected chi connectivity index (χ4v) is 7.24. The lowest BCUT2D eigenvalue weighted by Crippen LogP contribution is -2.53. The molecule has 1 aliphatic carbocycles. The molecule has 3 fully saturated rings. The lowest BCUT2D eigenvalue weighted by Gasteiger charge is -2.43. The maximum atomic E-state index is 13.5. The summed E-state index contributed by atoms with van der Waals surface area (Å²) in [5.41, 5.74) is 3.35. The summed E-state index contributed by atoms with van der Waals surface area (Å²) in [6.07, 6.45) is 9.56. The van der Waals surface area contributed by atoms with E-state index in [0.29, 0.717) is 17.9 Å². The zero-order chi connectivity index (χ0) is 28.5. The summed E-state index contributed by atoms with van der Waals surface area (Å²) in [7, 11) is 0. The van der Waals surface area contributed by atoms with Gasteiger partial charge in [-0.3, -0.25) is 34.1 Å². The van der Waals surface area contributed by atoms with E-state index in [4.69, 9.17) is 5.10 Å². The standard InChI is InChI=1S/C32H35N5O4/c1-19(20-17-33-36(18-20)21-11-15-35(16-12-21)31(41)32(2)13-4-14-32)22-7-8-25-28-23(22)5-3-6-24(28)30(40)37(25)26-9-10-27(38)34-29(26)39/h3,5-8,17-19,21,26H,4,9-16H2,1-2H3,(H,34,38,39)/t19-,26?/m1/s1. The van der Waals surface area contributed by atoms with Crippen molar-refractivity contribution in [2.45, 2.75) is 76.8 Å². The number of nitrogens with zero attached hydrogens (tertiary/aromatic N) is 4. The number of amides is 4. The van der Waals surface area contributed by atoms with Gasteiger partial charge in [0.2, 0.25) is 17.7 Å². The molecule has 0 radical (unpaired) electrons. The number of piperidine rings is 2. The van der Waals surface area contributed by atoms with Gasteiger partial charge in [0.1, 0.15) is 6.04 Å². The fourth-order valence-electron chi connectivity index (χ4n) is 7.24. The second kappa shape index (κ2) is 9.53. The van der Waals surface area contributed by atoms with Gasteiger partial charge >= 0.3 is 0 Å². The van der Waals surface area contributed by atoms with Gasteiger partial charge in [-0.1, -0.05) is 38.5 Å². The Balaban J connectivity index is 1.12. The number of rotatable bonds is 5. The molecule has 9 heteroatoms. The van der Waals surface area contributed by atoms with Gasteiger partial charge in [0.05, 0.1) is 17.9 Å². The van der Waals surface area contributed by atoms with Crippen LogP contribution in [-0.2, 0) is 14.4 Å². The molecule has 1 N–H and O–H groups in total. The number of carbonyl (C=O) groups excluding carboxylic acids is 4. The van der Waals surface area contributed by atoms with Crippen LogP contribution < -0.4 is 10.2 Å². The van der Waals surface area contributed by atoms with Crippen LogP contribution in [0.3, 0.4) is 0 Å². The second-order valence-corrected chi connectivity index (χ2v) is 12.5. The molecule has 41 heavy (non-hydrogen) atoms. The Hall–Kier alpha value is -4.01. The minimum absolute atomic E-state index is 0.0352. The largest absolute Gasteiger partial charge is 0.342 e. The van der Waals surface area contributed by atoms with Crippen LogP contribution in [0, 0.1) is 5.41 Å². The molecule has 2 atom stereocenters. The Morgan fingerprint density at radius 2 is 1.85 bits per heavy atom. The molecule has 7 rings (SSSR count). The summed E-state index contributed by atoms with van der Waals surface area (Å²) in [5.74, 6) is -0.569. The van der Waals surface area contributed by atoms with Gasteiger partial charge in [0.15, 0.2) is 0 Å².